The third kappa shape index (κ3) is 5.20. The first-order valence-corrected chi connectivity index (χ1v) is 6.91. The molecule has 0 bridgehead atoms. The number of nitrogens with one attached hydrogen (secondary N) is 1. The molecule has 0 radical (unpaired) electrons. The average molecular weight is 330 g/mol. The molecule has 1 aromatic carbocycles. The maximum Gasteiger partial charge on any atom is 0.337 e. The fraction of sp³-hybridized carbons (Fsp3) is 0.500. The van der Waals surface area contributed by atoms with E-state index in [2.05, 4.69) is 35.1 Å². The van der Waals surface area contributed by atoms with Gasteiger partial charge in [-0.25, -0.2) is 4.79 Å². The van der Waals surface area contributed by atoms with Crippen LogP contribution < -0.4 is 5.32 Å². The molecule has 1 aromatic rings. The van der Waals surface area contributed by atoms with Crippen LogP contribution in [0.5, 0.6) is 0 Å². The molecule has 0 heterocycles. The molecular formula is C14H20BrNO3. The fourth-order valence-electron chi connectivity index (χ4n) is 1.65. The van der Waals surface area contributed by atoms with Gasteiger partial charge in [0.05, 0.1) is 5.56 Å². The number of carboxylic acid groups (broad SMARTS) is 1. The lowest BCUT2D eigenvalue weighted by Gasteiger charge is -2.25. The number of hydrogen-bond acceptors (Lipinski definition) is 3. The van der Waals surface area contributed by atoms with Crippen LogP contribution in [0.25, 0.3) is 0 Å². The summed E-state index contributed by atoms with van der Waals surface area (Å²) >= 11 is 3.35. The lowest BCUT2D eigenvalue weighted by molar-refractivity contribution is 0.0697. The minimum absolute atomic E-state index is 0.0358. The van der Waals surface area contributed by atoms with Gasteiger partial charge in [-0.05, 0) is 30.0 Å². The van der Waals surface area contributed by atoms with Crippen LogP contribution in [0.2, 0.25) is 0 Å². The van der Waals surface area contributed by atoms with Gasteiger partial charge in [-0.2, -0.15) is 0 Å². The van der Waals surface area contributed by atoms with Gasteiger partial charge in [0.25, 0.3) is 0 Å². The number of halogens is 1. The molecule has 0 aliphatic heterocycles. The second-order valence-corrected chi connectivity index (χ2v) is 6.17. The Hall–Kier alpha value is -1.07. The Bertz CT molecular complexity index is 446. The van der Waals surface area contributed by atoms with Crippen LogP contribution in [-0.2, 0) is 4.74 Å². The van der Waals surface area contributed by atoms with Crippen molar-refractivity contribution < 1.29 is 14.6 Å². The van der Waals surface area contributed by atoms with Crippen molar-refractivity contribution >= 4 is 27.6 Å². The van der Waals surface area contributed by atoms with Crippen molar-refractivity contribution in [1.29, 1.82) is 0 Å². The van der Waals surface area contributed by atoms with Crippen LogP contribution in [-0.4, -0.2) is 31.3 Å². The molecule has 0 saturated carbocycles. The number of carboxylic acids is 1. The van der Waals surface area contributed by atoms with Gasteiger partial charge >= 0.3 is 5.97 Å². The molecule has 0 saturated heterocycles. The van der Waals surface area contributed by atoms with Crippen LogP contribution in [0.3, 0.4) is 0 Å². The zero-order chi connectivity index (χ0) is 14.5. The summed E-state index contributed by atoms with van der Waals surface area (Å²) in [5, 5.41) is 12.4. The predicted octanol–water partition coefficient (Wildman–Crippen LogP) is 3.62. The predicted molar refractivity (Wildman–Crippen MR) is 79.9 cm³/mol. The van der Waals surface area contributed by atoms with Gasteiger partial charge in [-0.1, -0.05) is 29.8 Å². The van der Waals surface area contributed by atoms with Crippen molar-refractivity contribution in [2.75, 3.05) is 25.6 Å². The molecule has 0 aliphatic carbocycles. The molecule has 0 aromatic heterocycles. The van der Waals surface area contributed by atoms with Gasteiger partial charge in [-0.3, -0.25) is 0 Å². The Morgan fingerprint density at radius 1 is 1.47 bits per heavy atom. The van der Waals surface area contributed by atoms with E-state index >= 15 is 0 Å². The molecule has 0 atom stereocenters. The number of carbonyl (C=O) groups is 1. The number of ether oxygens (including phenoxy) is 1. The molecule has 0 fully saturated rings. The molecular weight excluding hydrogens is 310 g/mol. The lowest BCUT2D eigenvalue weighted by Crippen LogP contribution is -2.25. The molecule has 4 nitrogen and oxygen atoms in total. The highest BCUT2D eigenvalue weighted by Gasteiger charge is 2.19. The minimum atomic E-state index is -0.926. The van der Waals surface area contributed by atoms with Crippen molar-refractivity contribution in [2.45, 2.75) is 20.3 Å². The number of aromatic carboxylic acids is 1. The van der Waals surface area contributed by atoms with E-state index in [0.717, 1.165) is 10.9 Å². The number of benzene rings is 1. The summed E-state index contributed by atoms with van der Waals surface area (Å²) in [4.78, 5) is 11.2. The largest absolute Gasteiger partial charge is 0.478 e. The number of rotatable bonds is 7. The van der Waals surface area contributed by atoms with Gasteiger partial charge in [0.15, 0.2) is 0 Å². The van der Waals surface area contributed by atoms with Gasteiger partial charge < -0.3 is 15.2 Å². The lowest BCUT2D eigenvalue weighted by atomic mass is 9.89. The number of hydrogen-bond donors (Lipinski definition) is 2. The van der Waals surface area contributed by atoms with E-state index in [1.165, 1.54) is 0 Å². The van der Waals surface area contributed by atoms with Gasteiger partial charge in [-0.15, -0.1) is 0 Å². The van der Waals surface area contributed by atoms with Crippen molar-refractivity contribution in [3.05, 3.63) is 28.2 Å². The van der Waals surface area contributed by atoms with E-state index in [1.807, 2.05) is 0 Å². The third-order valence-electron chi connectivity index (χ3n) is 2.95. The van der Waals surface area contributed by atoms with E-state index in [4.69, 9.17) is 9.84 Å². The second-order valence-electron chi connectivity index (χ2n) is 5.26. The molecule has 106 valence electrons. The van der Waals surface area contributed by atoms with E-state index in [1.54, 1.807) is 25.3 Å². The van der Waals surface area contributed by atoms with Crippen LogP contribution in [0, 0.1) is 5.41 Å². The standard InChI is InChI=1S/C14H20BrNO3/c1-14(2,6-7-19-3)9-16-12-8-10(15)4-5-11(12)13(17)18/h4-5,8,16H,6-7,9H2,1-3H3,(H,17,18). The van der Waals surface area contributed by atoms with Gasteiger partial charge in [0.2, 0.25) is 0 Å². The minimum Gasteiger partial charge on any atom is -0.478 e. The first kappa shape index (κ1) is 16.0. The van der Waals surface area contributed by atoms with Crippen LogP contribution >= 0.6 is 15.9 Å². The SMILES string of the molecule is COCCC(C)(C)CNc1cc(Br)ccc1C(=O)O. The van der Waals surface area contributed by atoms with E-state index in [0.29, 0.717) is 18.8 Å². The molecule has 0 unspecified atom stereocenters. The Morgan fingerprint density at radius 2 is 2.16 bits per heavy atom. The van der Waals surface area contributed by atoms with Gasteiger partial charge in [0.1, 0.15) is 0 Å². The Kier molecular flexibility index (Phi) is 5.82. The summed E-state index contributed by atoms with van der Waals surface area (Å²) < 4.78 is 5.94. The van der Waals surface area contributed by atoms with E-state index in [9.17, 15) is 4.79 Å². The quantitative estimate of drug-likeness (QED) is 0.802. The van der Waals surface area contributed by atoms with Crippen LogP contribution in [0.4, 0.5) is 5.69 Å². The smallest absolute Gasteiger partial charge is 0.337 e. The first-order valence-electron chi connectivity index (χ1n) is 6.11. The van der Waals surface area contributed by atoms with Gasteiger partial charge in [0, 0.05) is 30.4 Å². The van der Waals surface area contributed by atoms with E-state index in [-0.39, 0.29) is 11.0 Å². The summed E-state index contributed by atoms with van der Waals surface area (Å²) in [6.07, 6.45) is 0.910. The molecule has 1 rings (SSSR count). The molecule has 0 aliphatic rings. The highest BCUT2D eigenvalue weighted by Crippen LogP contribution is 2.25. The summed E-state index contributed by atoms with van der Waals surface area (Å²) in [7, 11) is 1.68. The summed E-state index contributed by atoms with van der Waals surface area (Å²) in [6.45, 7) is 5.63. The summed E-state index contributed by atoms with van der Waals surface area (Å²) in [6, 6.07) is 5.11. The third-order valence-corrected chi connectivity index (χ3v) is 3.45. The first-order chi connectivity index (χ1) is 8.85. The maximum atomic E-state index is 11.2. The average Bonchev–Trinajstić information content (AvgIpc) is 2.34. The fourth-order valence-corrected chi connectivity index (χ4v) is 2.01. The van der Waals surface area contributed by atoms with Crippen molar-refractivity contribution in [3.63, 3.8) is 0 Å². The summed E-state index contributed by atoms with van der Waals surface area (Å²) in [5.74, 6) is -0.926. The Balaban J connectivity index is 2.76. The topological polar surface area (TPSA) is 58.6 Å². The number of methoxy groups -OCH3 is 1. The molecule has 2 N–H and O–H groups in total. The maximum absolute atomic E-state index is 11.2. The molecule has 0 amide bonds. The van der Waals surface area contributed by atoms with Crippen molar-refractivity contribution in [2.24, 2.45) is 5.41 Å². The summed E-state index contributed by atoms with van der Waals surface area (Å²) in [5.41, 5.74) is 0.951. The monoisotopic (exact) mass is 329 g/mol. The van der Waals surface area contributed by atoms with Crippen LogP contribution in [0.15, 0.2) is 22.7 Å². The number of anilines is 1. The normalized spacial score (nSPS) is 11.4. The Labute approximate surface area is 122 Å². The molecule has 19 heavy (non-hydrogen) atoms. The van der Waals surface area contributed by atoms with Crippen LogP contribution in [0.1, 0.15) is 30.6 Å². The zero-order valence-corrected chi connectivity index (χ0v) is 13.1. The van der Waals surface area contributed by atoms with Crippen molar-refractivity contribution in [3.8, 4) is 0 Å². The molecule has 0 spiro atoms. The second kappa shape index (κ2) is 6.91. The van der Waals surface area contributed by atoms with Crippen molar-refractivity contribution in [1.82, 2.24) is 0 Å². The zero-order valence-electron chi connectivity index (χ0n) is 11.5. The highest BCUT2D eigenvalue weighted by molar-refractivity contribution is 9.10. The van der Waals surface area contributed by atoms with E-state index < -0.39 is 5.97 Å². The highest BCUT2D eigenvalue weighted by atomic mass is 79.9. The molecule has 5 heteroatoms. The Morgan fingerprint density at radius 3 is 2.74 bits per heavy atom.